The van der Waals surface area contributed by atoms with Crippen LogP contribution >= 0.6 is 22.9 Å². The lowest BCUT2D eigenvalue weighted by Crippen LogP contribution is -2.55. The zero-order chi connectivity index (χ0) is 31.2. The van der Waals surface area contributed by atoms with Crippen LogP contribution in [0.5, 0.6) is 5.75 Å². The van der Waals surface area contributed by atoms with E-state index in [0.717, 1.165) is 22.3 Å². The third kappa shape index (κ3) is 10.1. The van der Waals surface area contributed by atoms with Crippen LogP contribution in [0.4, 0.5) is 33.3 Å². The largest absolute Gasteiger partial charge is 0.433 e. The number of anilines is 2. The smallest absolute Gasteiger partial charge is 0.401 e. The molecule has 2 heterocycles. The van der Waals surface area contributed by atoms with Gasteiger partial charge in [-0.15, -0.1) is 11.3 Å². The van der Waals surface area contributed by atoms with Gasteiger partial charge in [0.15, 0.2) is 5.75 Å². The quantitative estimate of drug-likeness (QED) is 0.335. The Hall–Kier alpha value is -3.01. The number of alkyl halides is 5. The molecular formula is C26H30ClF5N4O5S. The molecule has 1 aliphatic heterocycles. The summed E-state index contributed by atoms with van der Waals surface area (Å²) in [4.78, 5) is 40.7. The minimum atomic E-state index is -4.70. The highest BCUT2D eigenvalue weighted by Gasteiger charge is 2.39. The summed E-state index contributed by atoms with van der Waals surface area (Å²) in [5.74, 6) is -2.60. The van der Waals surface area contributed by atoms with E-state index in [-0.39, 0.29) is 42.6 Å². The van der Waals surface area contributed by atoms with Crippen LogP contribution in [-0.2, 0) is 14.3 Å². The first-order valence-corrected chi connectivity index (χ1v) is 13.8. The van der Waals surface area contributed by atoms with Gasteiger partial charge < -0.3 is 25.0 Å². The van der Waals surface area contributed by atoms with Crippen molar-refractivity contribution in [3.05, 3.63) is 39.5 Å². The van der Waals surface area contributed by atoms with Crippen molar-refractivity contribution in [3.63, 3.8) is 0 Å². The summed E-state index contributed by atoms with van der Waals surface area (Å²) in [6.45, 7) is -0.363. The van der Waals surface area contributed by atoms with Crippen LogP contribution in [0.25, 0.3) is 0 Å². The van der Waals surface area contributed by atoms with E-state index in [1.165, 1.54) is 29.2 Å². The molecule has 0 bridgehead atoms. The molecule has 16 heteroatoms. The Morgan fingerprint density at radius 2 is 1.88 bits per heavy atom. The number of rotatable bonds is 11. The van der Waals surface area contributed by atoms with Crippen molar-refractivity contribution in [1.82, 2.24) is 10.2 Å². The lowest BCUT2D eigenvalue weighted by molar-refractivity contribution is -0.156. The maximum atomic E-state index is 13.6. The van der Waals surface area contributed by atoms with Crippen LogP contribution in [0.3, 0.4) is 0 Å². The van der Waals surface area contributed by atoms with E-state index in [2.05, 4.69) is 15.4 Å². The van der Waals surface area contributed by atoms with Gasteiger partial charge in [-0.05, 0) is 29.7 Å². The van der Waals surface area contributed by atoms with Gasteiger partial charge in [0.05, 0.1) is 28.1 Å². The van der Waals surface area contributed by atoms with E-state index in [9.17, 15) is 36.3 Å². The molecule has 1 aromatic carbocycles. The Labute approximate surface area is 247 Å². The topological polar surface area (TPSA) is 100 Å². The summed E-state index contributed by atoms with van der Waals surface area (Å²) in [5.41, 5.74) is -0.776. The molecule has 9 nitrogen and oxygen atoms in total. The fraction of sp³-hybridized carbons (Fsp3) is 0.500. The molecule has 42 heavy (non-hydrogen) atoms. The van der Waals surface area contributed by atoms with Gasteiger partial charge in [-0.25, -0.2) is 0 Å². The van der Waals surface area contributed by atoms with Crippen molar-refractivity contribution >= 4 is 52.0 Å². The first kappa shape index (κ1) is 33.5. The summed E-state index contributed by atoms with van der Waals surface area (Å²) < 4.78 is 77.5. The van der Waals surface area contributed by atoms with Crippen molar-refractivity contribution in [2.75, 3.05) is 49.6 Å². The molecule has 1 saturated heterocycles. The van der Waals surface area contributed by atoms with Crippen LogP contribution in [0.2, 0.25) is 4.34 Å². The summed E-state index contributed by atoms with van der Waals surface area (Å²) >= 11 is 6.81. The molecule has 232 valence electrons. The predicted octanol–water partition coefficient (Wildman–Crippen LogP) is 5.01. The third-order valence-electron chi connectivity index (χ3n) is 5.79. The summed E-state index contributed by atoms with van der Waals surface area (Å²) in [5, 5.41) is 4.84. The van der Waals surface area contributed by atoms with Crippen LogP contribution in [0, 0.1) is 5.41 Å². The van der Waals surface area contributed by atoms with Crippen molar-refractivity contribution < 1.29 is 45.8 Å². The number of hydrogen-bond acceptors (Lipinski definition) is 7. The first-order valence-electron chi connectivity index (χ1n) is 12.6. The molecule has 2 N–H and O–H groups in total. The van der Waals surface area contributed by atoms with E-state index >= 15 is 0 Å². The minimum Gasteiger partial charge on any atom is -0.433 e. The molecule has 0 spiro atoms. The number of nitrogens with zero attached hydrogens (tertiary/aromatic N) is 2. The molecule has 0 aliphatic carbocycles. The van der Waals surface area contributed by atoms with Gasteiger partial charge in [-0.3, -0.25) is 19.3 Å². The summed E-state index contributed by atoms with van der Waals surface area (Å²) in [6.07, 6.45) is -4.70. The molecule has 0 radical (unpaired) electrons. The lowest BCUT2D eigenvalue weighted by Gasteiger charge is -2.36. The van der Waals surface area contributed by atoms with E-state index in [1.54, 1.807) is 20.8 Å². The van der Waals surface area contributed by atoms with Crippen LogP contribution in [0.15, 0.2) is 30.3 Å². The van der Waals surface area contributed by atoms with Gasteiger partial charge in [0.25, 0.3) is 11.8 Å². The predicted molar refractivity (Wildman–Crippen MR) is 147 cm³/mol. The highest BCUT2D eigenvalue weighted by atomic mass is 35.5. The number of thiophene rings is 1. The minimum absolute atomic E-state index is 0.148. The molecule has 1 fully saturated rings. The number of benzene rings is 1. The van der Waals surface area contributed by atoms with Gasteiger partial charge in [0.2, 0.25) is 5.91 Å². The Morgan fingerprint density at radius 1 is 1.17 bits per heavy atom. The molecule has 1 aromatic heterocycles. The average molecular weight is 641 g/mol. The SMILES string of the molecule is CC(C)(C)CN(CC(F)(F)F)[C@@H](CNC(=O)c1ccc(Cl)s1)C(=O)Nc1ccc(N2CCOCC2=O)cc1OC(F)F. The average Bonchev–Trinajstić information content (AvgIpc) is 3.29. The zero-order valence-corrected chi connectivity index (χ0v) is 24.5. The van der Waals surface area contributed by atoms with Gasteiger partial charge in [0, 0.05) is 31.4 Å². The Balaban J connectivity index is 1.93. The highest BCUT2D eigenvalue weighted by molar-refractivity contribution is 7.18. The fourth-order valence-electron chi connectivity index (χ4n) is 4.20. The van der Waals surface area contributed by atoms with Gasteiger partial charge in [-0.1, -0.05) is 32.4 Å². The van der Waals surface area contributed by atoms with Crippen LogP contribution in [-0.4, -0.2) is 80.8 Å². The van der Waals surface area contributed by atoms with Crippen molar-refractivity contribution in [3.8, 4) is 5.75 Å². The second-order valence-corrected chi connectivity index (χ2v) is 12.3. The molecule has 0 unspecified atom stereocenters. The van der Waals surface area contributed by atoms with E-state index < -0.39 is 60.8 Å². The molecule has 1 atom stereocenters. The summed E-state index contributed by atoms with van der Waals surface area (Å²) in [6, 6.07) is 5.01. The van der Waals surface area contributed by atoms with Gasteiger partial charge in [-0.2, -0.15) is 22.0 Å². The van der Waals surface area contributed by atoms with E-state index in [1.807, 2.05) is 0 Å². The second kappa shape index (κ2) is 14.0. The standard InChI is InChI=1S/C26H30ClF5N4O5S/c1-25(2,3)13-35(14-26(30,31)32)17(11-33-23(39)19-6-7-20(27)42-19)22(38)34-16-5-4-15(10-18(16)41-24(28)29)36-8-9-40-12-21(36)37/h4-7,10,17,24H,8-9,11-14H2,1-3H3,(H,33,39)(H,34,38)/t17-/m0/s1. The number of carbonyl (C=O) groups is 3. The Kier molecular flexibility index (Phi) is 11.1. The van der Waals surface area contributed by atoms with E-state index in [4.69, 9.17) is 16.3 Å². The zero-order valence-electron chi connectivity index (χ0n) is 22.9. The fourth-order valence-corrected chi connectivity index (χ4v) is 5.16. The van der Waals surface area contributed by atoms with Crippen LogP contribution < -0.4 is 20.3 Å². The molecule has 2 aromatic rings. The number of ether oxygens (including phenoxy) is 2. The van der Waals surface area contributed by atoms with Crippen LogP contribution in [0.1, 0.15) is 30.4 Å². The third-order valence-corrected chi connectivity index (χ3v) is 7.02. The highest BCUT2D eigenvalue weighted by Crippen LogP contribution is 2.33. The Morgan fingerprint density at radius 3 is 2.45 bits per heavy atom. The molecule has 1 aliphatic rings. The molecule has 3 rings (SSSR count). The van der Waals surface area contributed by atoms with Crippen molar-refractivity contribution in [1.29, 1.82) is 0 Å². The second-order valence-electron chi connectivity index (χ2n) is 10.6. The molecular weight excluding hydrogens is 611 g/mol. The maximum absolute atomic E-state index is 13.6. The monoisotopic (exact) mass is 640 g/mol. The number of carbonyl (C=O) groups excluding carboxylic acids is 3. The number of halogens is 6. The maximum Gasteiger partial charge on any atom is 0.401 e. The number of amides is 3. The first-order chi connectivity index (χ1) is 19.5. The number of morpholine rings is 1. The van der Waals surface area contributed by atoms with Gasteiger partial charge in [0.1, 0.15) is 12.6 Å². The normalized spacial score (nSPS) is 15.2. The van der Waals surface area contributed by atoms with E-state index in [0.29, 0.717) is 4.34 Å². The molecule has 0 saturated carbocycles. The lowest BCUT2D eigenvalue weighted by atomic mass is 9.95. The summed E-state index contributed by atoms with van der Waals surface area (Å²) in [7, 11) is 0. The van der Waals surface area contributed by atoms with Crippen molar-refractivity contribution in [2.45, 2.75) is 39.6 Å². The number of nitrogens with one attached hydrogen (secondary N) is 2. The van der Waals surface area contributed by atoms with Crippen molar-refractivity contribution in [2.24, 2.45) is 5.41 Å². The molecule has 3 amide bonds. The Bertz CT molecular complexity index is 1250. The number of hydrogen-bond donors (Lipinski definition) is 2. The van der Waals surface area contributed by atoms with Gasteiger partial charge >= 0.3 is 12.8 Å².